The number of benzene rings is 1. The van der Waals surface area contributed by atoms with E-state index in [1.54, 1.807) is 40.8 Å². The van der Waals surface area contributed by atoms with E-state index in [2.05, 4.69) is 23.7 Å². The average molecular weight is 441 g/mol. The Morgan fingerprint density at radius 2 is 2.00 bits per heavy atom. The summed E-state index contributed by atoms with van der Waals surface area (Å²) in [6.07, 6.45) is 10.7. The highest BCUT2D eigenvalue weighted by Crippen LogP contribution is 2.23. The summed E-state index contributed by atoms with van der Waals surface area (Å²) in [5, 5.41) is 6.80. The van der Waals surface area contributed by atoms with Crippen molar-refractivity contribution in [1.82, 2.24) is 19.7 Å². The smallest absolute Gasteiger partial charge is 0.247 e. The van der Waals surface area contributed by atoms with Crippen molar-refractivity contribution in [2.75, 3.05) is 6.54 Å². The van der Waals surface area contributed by atoms with Crippen LogP contribution in [0.1, 0.15) is 16.0 Å². The number of hydrogen-bond donors (Lipinski definition) is 0. The van der Waals surface area contributed by atoms with Crippen molar-refractivity contribution in [2.24, 2.45) is 0 Å². The van der Waals surface area contributed by atoms with Gasteiger partial charge in [0.05, 0.1) is 13.1 Å². The molecule has 0 aliphatic carbocycles. The van der Waals surface area contributed by atoms with Crippen LogP contribution in [0.5, 0.6) is 0 Å². The van der Waals surface area contributed by atoms with Crippen LogP contribution in [0.15, 0.2) is 97.3 Å². The molecule has 1 aromatic carbocycles. The van der Waals surface area contributed by atoms with Crippen LogP contribution in [0.4, 0.5) is 0 Å². The molecule has 3 aromatic heterocycles. The molecule has 5 nitrogen and oxygen atoms in total. The Labute approximate surface area is 192 Å². The molecule has 0 saturated heterocycles. The Balaban J connectivity index is 1.59. The molecule has 6 heteroatoms. The molecule has 32 heavy (non-hydrogen) atoms. The largest absolute Gasteiger partial charge is 0.330 e. The van der Waals surface area contributed by atoms with Crippen LogP contribution >= 0.6 is 11.3 Å². The molecular weight excluding hydrogens is 416 g/mol. The van der Waals surface area contributed by atoms with Crippen molar-refractivity contribution < 1.29 is 4.79 Å². The summed E-state index contributed by atoms with van der Waals surface area (Å²) < 4.78 is 1.90. The standard InChI is InChI=1S/C26H24N4OS/c1-2-15-29(20-24-11-7-16-32-24)25(31)13-12-23-19-30(18-21-8-4-3-5-9-21)28-26(23)22-10-6-14-27-17-22/h2-14,16-17,19H,1,15,18,20H2/b13-12+. The lowest BCUT2D eigenvalue weighted by atomic mass is 10.1. The highest BCUT2D eigenvalue weighted by molar-refractivity contribution is 7.09. The van der Waals surface area contributed by atoms with Crippen LogP contribution in [0.25, 0.3) is 17.3 Å². The zero-order valence-electron chi connectivity index (χ0n) is 17.7. The molecule has 0 aliphatic heterocycles. The Kier molecular flexibility index (Phi) is 7.05. The molecule has 0 bridgehead atoms. The molecule has 0 aliphatic rings. The van der Waals surface area contributed by atoms with E-state index in [0.717, 1.165) is 27.3 Å². The summed E-state index contributed by atoms with van der Waals surface area (Å²) in [7, 11) is 0. The van der Waals surface area contributed by atoms with Gasteiger partial charge >= 0.3 is 0 Å². The van der Waals surface area contributed by atoms with Gasteiger partial charge in [-0.1, -0.05) is 42.5 Å². The Bertz CT molecular complexity index is 1180. The Morgan fingerprint density at radius 1 is 1.12 bits per heavy atom. The molecule has 0 saturated carbocycles. The van der Waals surface area contributed by atoms with Gasteiger partial charge in [0.1, 0.15) is 5.69 Å². The molecule has 0 N–H and O–H groups in total. The third kappa shape index (κ3) is 5.47. The van der Waals surface area contributed by atoms with E-state index < -0.39 is 0 Å². The third-order valence-corrected chi connectivity index (χ3v) is 5.77. The molecule has 160 valence electrons. The molecule has 0 unspecified atom stereocenters. The second-order valence-corrected chi connectivity index (χ2v) is 8.31. The zero-order chi connectivity index (χ0) is 22.2. The van der Waals surface area contributed by atoms with E-state index in [-0.39, 0.29) is 5.91 Å². The summed E-state index contributed by atoms with van der Waals surface area (Å²) in [6, 6.07) is 18.1. The molecular formula is C26H24N4OS. The normalized spacial score (nSPS) is 11.0. The second kappa shape index (κ2) is 10.5. The lowest BCUT2D eigenvalue weighted by Crippen LogP contribution is -2.28. The highest BCUT2D eigenvalue weighted by Gasteiger charge is 2.13. The quantitative estimate of drug-likeness (QED) is 0.263. The first-order valence-corrected chi connectivity index (χ1v) is 11.2. The molecule has 0 spiro atoms. The predicted octanol–water partition coefficient (Wildman–Crippen LogP) is 5.28. The number of carbonyl (C=O) groups is 1. The zero-order valence-corrected chi connectivity index (χ0v) is 18.5. The number of carbonyl (C=O) groups excluding carboxylic acids is 1. The van der Waals surface area contributed by atoms with Crippen molar-refractivity contribution in [2.45, 2.75) is 13.1 Å². The van der Waals surface area contributed by atoms with Crippen LogP contribution in [-0.2, 0) is 17.9 Å². The minimum absolute atomic E-state index is 0.0637. The van der Waals surface area contributed by atoms with Gasteiger partial charge in [0, 0.05) is 47.2 Å². The van der Waals surface area contributed by atoms with Crippen molar-refractivity contribution in [3.05, 3.63) is 113 Å². The molecule has 0 atom stereocenters. The Hall–Kier alpha value is -3.77. The van der Waals surface area contributed by atoms with Crippen LogP contribution in [-0.4, -0.2) is 32.1 Å². The first-order valence-electron chi connectivity index (χ1n) is 10.3. The van der Waals surface area contributed by atoms with Gasteiger partial charge in [-0.15, -0.1) is 17.9 Å². The maximum atomic E-state index is 12.9. The lowest BCUT2D eigenvalue weighted by Gasteiger charge is -2.18. The molecule has 3 heterocycles. The minimum Gasteiger partial charge on any atom is -0.330 e. The fraction of sp³-hybridized carbons (Fsp3) is 0.115. The van der Waals surface area contributed by atoms with Gasteiger partial charge < -0.3 is 4.90 Å². The predicted molar refractivity (Wildman–Crippen MR) is 130 cm³/mol. The van der Waals surface area contributed by atoms with Crippen molar-refractivity contribution >= 4 is 23.3 Å². The second-order valence-electron chi connectivity index (χ2n) is 7.28. The van der Waals surface area contributed by atoms with Gasteiger partial charge in [-0.05, 0) is 35.2 Å². The third-order valence-electron chi connectivity index (χ3n) is 4.91. The number of amides is 1. The Morgan fingerprint density at radius 3 is 2.72 bits per heavy atom. The van der Waals surface area contributed by atoms with E-state index >= 15 is 0 Å². The number of rotatable bonds is 9. The number of thiophene rings is 1. The lowest BCUT2D eigenvalue weighted by molar-refractivity contribution is -0.126. The van der Waals surface area contributed by atoms with Gasteiger partial charge in [-0.3, -0.25) is 14.5 Å². The number of nitrogens with zero attached hydrogens (tertiary/aromatic N) is 4. The summed E-state index contributed by atoms with van der Waals surface area (Å²) in [4.78, 5) is 20.1. The number of hydrogen-bond acceptors (Lipinski definition) is 4. The van der Waals surface area contributed by atoms with Crippen LogP contribution < -0.4 is 0 Å². The topological polar surface area (TPSA) is 51.0 Å². The van der Waals surface area contributed by atoms with Crippen molar-refractivity contribution in [3.63, 3.8) is 0 Å². The highest BCUT2D eigenvalue weighted by atomic mass is 32.1. The molecule has 4 rings (SSSR count). The van der Waals surface area contributed by atoms with Crippen LogP contribution in [0.3, 0.4) is 0 Å². The molecule has 0 radical (unpaired) electrons. The molecule has 0 fully saturated rings. The molecule has 1 amide bonds. The fourth-order valence-electron chi connectivity index (χ4n) is 3.38. The maximum absolute atomic E-state index is 12.9. The van der Waals surface area contributed by atoms with Gasteiger partial charge in [0.15, 0.2) is 0 Å². The SMILES string of the molecule is C=CCN(Cc1cccs1)C(=O)/C=C/c1cn(Cc2ccccc2)nc1-c1cccnc1. The van der Waals surface area contributed by atoms with Crippen molar-refractivity contribution in [3.8, 4) is 11.3 Å². The number of pyridine rings is 1. The van der Waals surface area contributed by atoms with Gasteiger partial charge in [0.2, 0.25) is 5.91 Å². The maximum Gasteiger partial charge on any atom is 0.247 e. The van der Waals surface area contributed by atoms with Gasteiger partial charge in [-0.2, -0.15) is 5.10 Å². The van der Waals surface area contributed by atoms with Gasteiger partial charge in [0.25, 0.3) is 0 Å². The number of aromatic nitrogens is 3. The summed E-state index contributed by atoms with van der Waals surface area (Å²) >= 11 is 1.64. The minimum atomic E-state index is -0.0637. The molecule has 4 aromatic rings. The summed E-state index contributed by atoms with van der Waals surface area (Å²) in [5.41, 5.74) is 3.74. The van der Waals surface area contributed by atoms with Crippen molar-refractivity contribution in [1.29, 1.82) is 0 Å². The monoisotopic (exact) mass is 440 g/mol. The van der Waals surface area contributed by atoms with Crippen LogP contribution in [0, 0.1) is 0 Å². The van der Waals surface area contributed by atoms with E-state index in [1.807, 2.05) is 64.8 Å². The van der Waals surface area contributed by atoms with E-state index in [9.17, 15) is 4.79 Å². The van der Waals surface area contributed by atoms with E-state index in [4.69, 9.17) is 5.10 Å². The fourth-order valence-corrected chi connectivity index (χ4v) is 4.10. The average Bonchev–Trinajstić information content (AvgIpc) is 3.48. The summed E-state index contributed by atoms with van der Waals surface area (Å²) in [5.74, 6) is -0.0637. The van der Waals surface area contributed by atoms with Gasteiger partial charge in [-0.25, -0.2) is 0 Å². The van der Waals surface area contributed by atoms with E-state index in [1.165, 1.54) is 0 Å². The summed E-state index contributed by atoms with van der Waals surface area (Å²) in [6.45, 7) is 5.50. The first-order chi connectivity index (χ1) is 15.7. The van der Waals surface area contributed by atoms with E-state index in [0.29, 0.717) is 19.6 Å². The van der Waals surface area contributed by atoms with Crippen LogP contribution in [0.2, 0.25) is 0 Å². The first kappa shape index (κ1) is 21.5.